The standard InChI is InChI=1S/C17H18N6OS/c1-3-23-16(14-7-5-4-6-13(14)2)20-21-17(23)25-12-15(24)22(10-8-18)11-9-19/h4-7H,3,10-12H2,1-2H3. The van der Waals surface area contributed by atoms with Crippen molar-refractivity contribution < 1.29 is 4.79 Å². The largest absolute Gasteiger partial charge is 0.315 e. The number of rotatable bonds is 7. The Hall–Kier alpha value is -2.84. The minimum atomic E-state index is -0.267. The van der Waals surface area contributed by atoms with Gasteiger partial charge in [-0.05, 0) is 19.4 Å². The van der Waals surface area contributed by atoms with Crippen molar-refractivity contribution in [3.8, 4) is 23.5 Å². The second-order valence-corrected chi connectivity index (χ2v) is 6.16. The van der Waals surface area contributed by atoms with Crippen molar-refractivity contribution in [3.63, 3.8) is 0 Å². The van der Waals surface area contributed by atoms with Gasteiger partial charge in [0.2, 0.25) is 5.91 Å². The zero-order valence-corrected chi connectivity index (χ0v) is 15.0. The van der Waals surface area contributed by atoms with Crippen LogP contribution in [0.4, 0.5) is 0 Å². The molecule has 0 aliphatic rings. The summed E-state index contributed by atoms with van der Waals surface area (Å²) < 4.78 is 1.96. The highest BCUT2D eigenvalue weighted by Crippen LogP contribution is 2.26. The molecule has 2 aromatic rings. The van der Waals surface area contributed by atoms with Crippen LogP contribution in [-0.2, 0) is 11.3 Å². The van der Waals surface area contributed by atoms with Crippen LogP contribution in [0.5, 0.6) is 0 Å². The van der Waals surface area contributed by atoms with Crippen LogP contribution < -0.4 is 0 Å². The maximum atomic E-state index is 12.2. The number of hydrogen-bond donors (Lipinski definition) is 0. The van der Waals surface area contributed by atoms with Crippen molar-refractivity contribution in [2.24, 2.45) is 0 Å². The molecule has 0 unspecified atom stereocenters. The van der Waals surface area contributed by atoms with Gasteiger partial charge in [0.1, 0.15) is 13.1 Å². The summed E-state index contributed by atoms with van der Waals surface area (Å²) in [4.78, 5) is 13.4. The Morgan fingerprint density at radius 1 is 1.24 bits per heavy atom. The van der Waals surface area contributed by atoms with Gasteiger partial charge in [0, 0.05) is 12.1 Å². The van der Waals surface area contributed by atoms with E-state index >= 15 is 0 Å². The van der Waals surface area contributed by atoms with E-state index in [4.69, 9.17) is 10.5 Å². The molecule has 2 rings (SSSR count). The third-order valence-electron chi connectivity index (χ3n) is 3.62. The second kappa shape index (κ2) is 8.86. The molecule has 1 amide bonds. The van der Waals surface area contributed by atoms with E-state index in [2.05, 4.69) is 10.2 Å². The topological polar surface area (TPSA) is 98.6 Å². The molecule has 0 radical (unpaired) electrons. The summed E-state index contributed by atoms with van der Waals surface area (Å²) in [6.07, 6.45) is 0. The number of amides is 1. The Balaban J connectivity index is 2.17. The lowest BCUT2D eigenvalue weighted by Gasteiger charge is -2.15. The van der Waals surface area contributed by atoms with Crippen LogP contribution >= 0.6 is 11.8 Å². The van der Waals surface area contributed by atoms with Gasteiger partial charge in [0.05, 0.1) is 17.9 Å². The van der Waals surface area contributed by atoms with Crippen molar-refractivity contribution in [3.05, 3.63) is 29.8 Å². The maximum absolute atomic E-state index is 12.2. The highest BCUT2D eigenvalue weighted by Gasteiger charge is 2.18. The van der Waals surface area contributed by atoms with Crippen LogP contribution in [0.25, 0.3) is 11.4 Å². The fourth-order valence-corrected chi connectivity index (χ4v) is 3.23. The summed E-state index contributed by atoms with van der Waals surface area (Å²) >= 11 is 1.26. The predicted molar refractivity (Wildman–Crippen MR) is 94.4 cm³/mol. The molecule has 25 heavy (non-hydrogen) atoms. The number of thioether (sulfide) groups is 1. The number of aromatic nitrogens is 3. The molecular weight excluding hydrogens is 336 g/mol. The molecule has 1 aromatic heterocycles. The normalized spacial score (nSPS) is 10.1. The van der Waals surface area contributed by atoms with Gasteiger partial charge in [-0.1, -0.05) is 36.0 Å². The smallest absolute Gasteiger partial charge is 0.234 e. The van der Waals surface area contributed by atoms with Gasteiger partial charge in [-0.15, -0.1) is 10.2 Å². The van der Waals surface area contributed by atoms with Crippen LogP contribution in [0.2, 0.25) is 0 Å². The molecular formula is C17H18N6OS. The Morgan fingerprint density at radius 3 is 2.52 bits per heavy atom. The average Bonchev–Trinajstić information content (AvgIpc) is 3.02. The van der Waals surface area contributed by atoms with E-state index in [1.807, 2.05) is 54.8 Å². The van der Waals surface area contributed by atoms with Gasteiger partial charge in [-0.25, -0.2) is 0 Å². The van der Waals surface area contributed by atoms with Gasteiger partial charge in [0.25, 0.3) is 0 Å². The van der Waals surface area contributed by atoms with Gasteiger partial charge >= 0.3 is 0 Å². The van der Waals surface area contributed by atoms with E-state index in [1.54, 1.807) is 0 Å². The molecule has 0 spiro atoms. The molecule has 0 saturated carbocycles. The molecule has 7 nitrogen and oxygen atoms in total. The number of benzene rings is 1. The van der Waals surface area contributed by atoms with E-state index in [0.29, 0.717) is 11.7 Å². The number of nitrogens with zero attached hydrogens (tertiary/aromatic N) is 6. The first-order valence-corrected chi connectivity index (χ1v) is 8.74. The van der Waals surface area contributed by atoms with Crippen molar-refractivity contribution in [2.45, 2.75) is 25.5 Å². The molecule has 0 aliphatic carbocycles. The number of aryl methyl sites for hydroxylation is 1. The maximum Gasteiger partial charge on any atom is 0.234 e. The molecule has 0 bridgehead atoms. The van der Waals surface area contributed by atoms with E-state index in [-0.39, 0.29) is 24.7 Å². The van der Waals surface area contributed by atoms with Gasteiger partial charge in [-0.3, -0.25) is 4.79 Å². The number of carbonyl (C=O) groups is 1. The number of nitriles is 2. The van der Waals surface area contributed by atoms with Crippen LogP contribution in [0, 0.1) is 29.6 Å². The first kappa shape index (κ1) is 18.5. The van der Waals surface area contributed by atoms with Crippen molar-refractivity contribution in [1.29, 1.82) is 10.5 Å². The van der Waals surface area contributed by atoms with Crippen LogP contribution in [0.1, 0.15) is 12.5 Å². The Bertz CT molecular complexity index is 816. The first-order chi connectivity index (χ1) is 12.1. The molecule has 0 atom stereocenters. The average molecular weight is 354 g/mol. The third-order valence-corrected chi connectivity index (χ3v) is 4.57. The van der Waals surface area contributed by atoms with E-state index in [0.717, 1.165) is 17.0 Å². The fraction of sp³-hybridized carbons (Fsp3) is 0.353. The molecule has 0 fully saturated rings. The zero-order chi connectivity index (χ0) is 18.2. The molecule has 0 saturated heterocycles. The third kappa shape index (κ3) is 4.37. The van der Waals surface area contributed by atoms with E-state index in [1.165, 1.54) is 16.7 Å². The first-order valence-electron chi connectivity index (χ1n) is 7.76. The summed E-state index contributed by atoms with van der Waals surface area (Å²) in [6, 6.07) is 11.7. The highest BCUT2D eigenvalue weighted by atomic mass is 32.2. The van der Waals surface area contributed by atoms with E-state index < -0.39 is 0 Å². The molecule has 8 heteroatoms. The Kier molecular flexibility index (Phi) is 6.55. The minimum absolute atomic E-state index is 0.0954. The van der Waals surface area contributed by atoms with Crippen molar-refractivity contribution >= 4 is 17.7 Å². The quantitative estimate of drug-likeness (QED) is 0.558. The lowest BCUT2D eigenvalue weighted by Crippen LogP contribution is -2.33. The summed E-state index contributed by atoms with van der Waals surface area (Å²) in [6.45, 7) is 4.49. The Labute approximate surface area is 150 Å². The summed E-state index contributed by atoms with van der Waals surface area (Å²) in [5.74, 6) is 0.604. The molecule has 1 aromatic carbocycles. The number of hydrogen-bond acceptors (Lipinski definition) is 6. The van der Waals surface area contributed by atoms with Gasteiger partial charge in [0.15, 0.2) is 11.0 Å². The number of carbonyl (C=O) groups excluding carboxylic acids is 1. The summed E-state index contributed by atoms with van der Waals surface area (Å²) in [7, 11) is 0. The highest BCUT2D eigenvalue weighted by molar-refractivity contribution is 7.99. The van der Waals surface area contributed by atoms with Crippen LogP contribution in [0.15, 0.2) is 29.4 Å². The van der Waals surface area contributed by atoms with Crippen LogP contribution in [-0.4, -0.2) is 44.4 Å². The monoisotopic (exact) mass is 354 g/mol. The summed E-state index contributed by atoms with van der Waals surface area (Å²) in [5.41, 5.74) is 2.11. The lowest BCUT2D eigenvalue weighted by atomic mass is 10.1. The SMILES string of the molecule is CCn1c(SCC(=O)N(CC#N)CC#N)nnc1-c1ccccc1C. The van der Waals surface area contributed by atoms with Crippen LogP contribution in [0.3, 0.4) is 0 Å². The molecule has 128 valence electrons. The molecule has 0 N–H and O–H groups in total. The zero-order valence-electron chi connectivity index (χ0n) is 14.1. The Morgan fingerprint density at radius 2 is 1.92 bits per heavy atom. The van der Waals surface area contributed by atoms with Gasteiger partial charge in [-0.2, -0.15) is 10.5 Å². The van der Waals surface area contributed by atoms with Crippen molar-refractivity contribution in [2.75, 3.05) is 18.8 Å². The van der Waals surface area contributed by atoms with Gasteiger partial charge < -0.3 is 9.47 Å². The second-order valence-electron chi connectivity index (χ2n) is 5.22. The molecule has 0 aliphatic heterocycles. The fourth-order valence-electron chi connectivity index (χ4n) is 2.32. The minimum Gasteiger partial charge on any atom is -0.315 e. The molecule has 1 heterocycles. The van der Waals surface area contributed by atoms with Crippen molar-refractivity contribution in [1.82, 2.24) is 19.7 Å². The lowest BCUT2D eigenvalue weighted by molar-refractivity contribution is -0.127. The summed E-state index contributed by atoms with van der Waals surface area (Å²) in [5, 5.41) is 26.6. The predicted octanol–water partition coefficient (Wildman–Crippen LogP) is 2.24. The van der Waals surface area contributed by atoms with E-state index in [9.17, 15) is 4.79 Å².